The van der Waals surface area contributed by atoms with Gasteiger partial charge in [0.25, 0.3) is 0 Å². The normalized spacial score (nSPS) is 18.9. The van der Waals surface area contributed by atoms with Crippen LogP contribution in [0.5, 0.6) is 0 Å². The van der Waals surface area contributed by atoms with Crippen LogP contribution in [0.25, 0.3) is 0 Å². The Bertz CT molecular complexity index is 422. The molecule has 1 heterocycles. The van der Waals surface area contributed by atoms with Crippen LogP contribution in [0.15, 0.2) is 29.4 Å². The summed E-state index contributed by atoms with van der Waals surface area (Å²) in [7, 11) is 0. The highest BCUT2D eigenvalue weighted by Gasteiger charge is 2.14. The van der Waals surface area contributed by atoms with E-state index in [2.05, 4.69) is 22.8 Å². The molecule has 0 aromatic heterocycles. The Morgan fingerprint density at radius 2 is 2.12 bits per heavy atom. The standard InChI is InChI=1S/C12H15N3O/c1-8-7-12(15-14-8)10-3-5-11(6-4-10)13-9(2)16/h3-6,8,14H,7H2,1-2H3,(H,13,16). The molecule has 2 N–H and O–H groups in total. The molecular weight excluding hydrogens is 202 g/mol. The molecule has 16 heavy (non-hydrogen) atoms. The Hall–Kier alpha value is -1.84. The van der Waals surface area contributed by atoms with E-state index in [9.17, 15) is 4.79 Å². The van der Waals surface area contributed by atoms with Gasteiger partial charge in [-0.15, -0.1) is 0 Å². The van der Waals surface area contributed by atoms with E-state index in [-0.39, 0.29) is 5.91 Å². The Morgan fingerprint density at radius 1 is 1.44 bits per heavy atom. The van der Waals surface area contributed by atoms with Crippen molar-refractivity contribution in [1.82, 2.24) is 5.43 Å². The number of carbonyl (C=O) groups excluding carboxylic acids is 1. The van der Waals surface area contributed by atoms with Crippen molar-refractivity contribution in [3.63, 3.8) is 0 Å². The molecule has 0 aliphatic carbocycles. The van der Waals surface area contributed by atoms with Gasteiger partial charge in [-0.3, -0.25) is 4.79 Å². The van der Waals surface area contributed by atoms with Gasteiger partial charge in [-0.25, -0.2) is 0 Å². The first-order valence-corrected chi connectivity index (χ1v) is 5.35. The topological polar surface area (TPSA) is 53.5 Å². The summed E-state index contributed by atoms with van der Waals surface area (Å²) in [6.07, 6.45) is 0.944. The van der Waals surface area contributed by atoms with Crippen molar-refractivity contribution >= 4 is 17.3 Å². The number of hydrazone groups is 1. The maximum atomic E-state index is 10.9. The Kier molecular flexibility index (Phi) is 2.90. The molecule has 2 rings (SSSR count). The fraction of sp³-hybridized carbons (Fsp3) is 0.333. The van der Waals surface area contributed by atoms with Gasteiger partial charge in [-0.2, -0.15) is 5.10 Å². The monoisotopic (exact) mass is 217 g/mol. The summed E-state index contributed by atoms with van der Waals surface area (Å²) >= 11 is 0. The summed E-state index contributed by atoms with van der Waals surface area (Å²) in [5.74, 6) is -0.0544. The number of hydrogen-bond acceptors (Lipinski definition) is 3. The molecule has 1 unspecified atom stereocenters. The van der Waals surface area contributed by atoms with Gasteiger partial charge in [-0.05, 0) is 24.6 Å². The third-order valence-corrected chi connectivity index (χ3v) is 2.46. The number of amides is 1. The molecule has 0 spiro atoms. The summed E-state index contributed by atoms with van der Waals surface area (Å²) in [4.78, 5) is 10.9. The fourth-order valence-corrected chi connectivity index (χ4v) is 1.70. The van der Waals surface area contributed by atoms with Crippen molar-refractivity contribution < 1.29 is 4.79 Å². The molecule has 1 aromatic rings. The second-order valence-electron chi connectivity index (χ2n) is 4.05. The van der Waals surface area contributed by atoms with Crippen molar-refractivity contribution in [3.8, 4) is 0 Å². The van der Waals surface area contributed by atoms with E-state index in [1.54, 1.807) is 0 Å². The number of hydrogen-bond donors (Lipinski definition) is 2. The molecule has 0 bridgehead atoms. The predicted octanol–water partition coefficient (Wildman–Crippen LogP) is 1.73. The minimum atomic E-state index is -0.0544. The molecule has 1 atom stereocenters. The van der Waals surface area contributed by atoms with E-state index in [0.29, 0.717) is 6.04 Å². The maximum Gasteiger partial charge on any atom is 0.221 e. The van der Waals surface area contributed by atoms with Crippen LogP contribution in [-0.4, -0.2) is 17.7 Å². The van der Waals surface area contributed by atoms with Crippen LogP contribution in [0, 0.1) is 0 Å². The summed E-state index contributed by atoms with van der Waals surface area (Å²) in [5.41, 5.74) is 6.02. The van der Waals surface area contributed by atoms with Crippen LogP contribution in [0.2, 0.25) is 0 Å². The zero-order valence-corrected chi connectivity index (χ0v) is 9.45. The van der Waals surface area contributed by atoms with Crippen molar-refractivity contribution in [3.05, 3.63) is 29.8 Å². The summed E-state index contributed by atoms with van der Waals surface area (Å²) in [6.45, 7) is 3.60. The summed E-state index contributed by atoms with van der Waals surface area (Å²) in [6, 6.07) is 8.14. The van der Waals surface area contributed by atoms with Gasteiger partial charge >= 0.3 is 0 Å². The zero-order chi connectivity index (χ0) is 11.5. The molecule has 0 radical (unpaired) electrons. The predicted molar refractivity (Wildman–Crippen MR) is 64.5 cm³/mol. The number of carbonyl (C=O) groups is 1. The smallest absolute Gasteiger partial charge is 0.221 e. The van der Waals surface area contributed by atoms with E-state index < -0.39 is 0 Å². The largest absolute Gasteiger partial charge is 0.326 e. The molecule has 0 saturated carbocycles. The van der Waals surface area contributed by atoms with Gasteiger partial charge in [-0.1, -0.05) is 12.1 Å². The molecule has 4 nitrogen and oxygen atoms in total. The van der Waals surface area contributed by atoms with Crippen molar-refractivity contribution in [1.29, 1.82) is 0 Å². The lowest BCUT2D eigenvalue weighted by Crippen LogP contribution is -2.13. The minimum absolute atomic E-state index is 0.0544. The first kappa shape index (κ1) is 10.7. The molecule has 84 valence electrons. The fourth-order valence-electron chi connectivity index (χ4n) is 1.70. The van der Waals surface area contributed by atoms with Crippen LogP contribution in [0.3, 0.4) is 0 Å². The van der Waals surface area contributed by atoms with Gasteiger partial charge in [0.1, 0.15) is 0 Å². The lowest BCUT2D eigenvalue weighted by molar-refractivity contribution is -0.114. The molecule has 0 fully saturated rings. The molecule has 1 aliphatic rings. The average molecular weight is 217 g/mol. The molecule has 1 aliphatic heterocycles. The van der Waals surface area contributed by atoms with Gasteiger partial charge in [0.2, 0.25) is 5.91 Å². The van der Waals surface area contributed by atoms with E-state index in [1.807, 2.05) is 24.3 Å². The first-order chi connectivity index (χ1) is 7.65. The average Bonchev–Trinajstić information content (AvgIpc) is 2.65. The summed E-state index contributed by atoms with van der Waals surface area (Å²) in [5, 5.41) is 6.99. The number of benzene rings is 1. The van der Waals surface area contributed by atoms with Crippen LogP contribution in [0.1, 0.15) is 25.8 Å². The van der Waals surface area contributed by atoms with Gasteiger partial charge in [0.15, 0.2) is 0 Å². The first-order valence-electron chi connectivity index (χ1n) is 5.35. The highest BCUT2D eigenvalue weighted by atomic mass is 16.1. The van der Waals surface area contributed by atoms with Crippen molar-refractivity contribution in [2.45, 2.75) is 26.3 Å². The third-order valence-electron chi connectivity index (χ3n) is 2.46. The molecule has 4 heteroatoms. The van der Waals surface area contributed by atoms with Crippen molar-refractivity contribution in [2.24, 2.45) is 5.10 Å². The van der Waals surface area contributed by atoms with Crippen LogP contribution in [-0.2, 0) is 4.79 Å². The highest BCUT2D eigenvalue weighted by molar-refractivity contribution is 6.02. The van der Waals surface area contributed by atoms with E-state index >= 15 is 0 Å². The second kappa shape index (κ2) is 4.35. The van der Waals surface area contributed by atoms with Gasteiger partial charge in [0, 0.05) is 25.1 Å². The summed E-state index contributed by atoms with van der Waals surface area (Å²) < 4.78 is 0. The van der Waals surface area contributed by atoms with Gasteiger partial charge < -0.3 is 10.7 Å². The molecule has 1 aromatic carbocycles. The number of nitrogens with one attached hydrogen (secondary N) is 2. The van der Waals surface area contributed by atoms with Crippen molar-refractivity contribution in [2.75, 3.05) is 5.32 Å². The Labute approximate surface area is 94.7 Å². The highest BCUT2D eigenvalue weighted by Crippen LogP contribution is 2.15. The third kappa shape index (κ3) is 2.39. The molecular formula is C12H15N3O. The second-order valence-corrected chi connectivity index (χ2v) is 4.05. The lowest BCUT2D eigenvalue weighted by Gasteiger charge is -2.04. The van der Waals surface area contributed by atoms with Crippen LogP contribution in [0.4, 0.5) is 5.69 Å². The maximum absolute atomic E-state index is 10.9. The minimum Gasteiger partial charge on any atom is -0.326 e. The van der Waals surface area contributed by atoms with Crippen LogP contribution >= 0.6 is 0 Å². The SMILES string of the molecule is CC(=O)Nc1ccc(C2=NNC(C)C2)cc1. The van der Waals surface area contributed by atoms with Gasteiger partial charge in [0.05, 0.1) is 5.71 Å². The van der Waals surface area contributed by atoms with E-state index in [4.69, 9.17) is 0 Å². The Morgan fingerprint density at radius 3 is 2.62 bits per heavy atom. The number of nitrogens with zero attached hydrogens (tertiary/aromatic N) is 1. The van der Waals surface area contributed by atoms with E-state index in [0.717, 1.165) is 23.4 Å². The number of anilines is 1. The quantitative estimate of drug-likeness (QED) is 0.792. The molecule has 1 amide bonds. The van der Waals surface area contributed by atoms with Crippen LogP contribution < -0.4 is 10.7 Å². The number of rotatable bonds is 2. The molecule has 0 saturated heterocycles. The lowest BCUT2D eigenvalue weighted by atomic mass is 10.1. The Balaban J connectivity index is 2.10. The van der Waals surface area contributed by atoms with E-state index in [1.165, 1.54) is 6.92 Å². The zero-order valence-electron chi connectivity index (χ0n) is 9.45.